The van der Waals surface area contributed by atoms with E-state index in [1.165, 1.54) is 19.1 Å². The molecule has 0 radical (unpaired) electrons. The number of benzene rings is 1. The predicted octanol–water partition coefficient (Wildman–Crippen LogP) is -1.26. The third-order valence-corrected chi connectivity index (χ3v) is 4.97. The van der Waals surface area contributed by atoms with Crippen molar-refractivity contribution in [3.8, 4) is 5.75 Å². The Bertz CT molecular complexity index is 886. The van der Waals surface area contributed by atoms with E-state index in [-0.39, 0.29) is 25.0 Å². The first kappa shape index (κ1) is 28.4. The smallest absolute Gasteiger partial charge is 0.326 e. The molecule has 34 heavy (non-hydrogen) atoms. The van der Waals surface area contributed by atoms with Gasteiger partial charge in [0.25, 0.3) is 0 Å². The Morgan fingerprint density at radius 2 is 1.41 bits per heavy atom. The molecule has 0 aliphatic rings. The highest BCUT2D eigenvalue weighted by atomic mass is 16.4. The zero-order valence-electron chi connectivity index (χ0n) is 19.4. The number of amides is 4. The molecule has 0 aromatic heterocycles. The predicted molar refractivity (Wildman–Crippen MR) is 122 cm³/mol. The highest BCUT2D eigenvalue weighted by Crippen LogP contribution is 2.12. The number of primary amides is 1. The molecule has 0 fully saturated rings. The molecule has 0 aliphatic heterocycles. The highest BCUT2D eigenvalue weighted by Gasteiger charge is 2.31. The fraction of sp³-hybridized carbons (Fsp3) is 0.500. The molecular weight excluding hydrogens is 446 g/mol. The average Bonchev–Trinajstić information content (AvgIpc) is 2.74. The second-order valence-corrected chi connectivity index (χ2v) is 8.36. The zero-order chi connectivity index (χ0) is 26.0. The second kappa shape index (κ2) is 13.1. The van der Waals surface area contributed by atoms with Gasteiger partial charge in [-0.15, -0.1) is 0 Å². The lowest BCUT2D eigenvalue weighted by Gasteiger charge is -2.25. The lowest BCUT2D eigenvalue weighted by atomic mass is 10.0. The number of hydrogen-bond donors (Lipinski definition) is 7. The summed E-state index contributed by atoms with van der Waals surface area (Å²) >= 11 is 0. The fourth-order valence-corrected chi connectivity index (χ4v) is 2.98. The van der Waals surface area contributed by atoms with Crippen LogP contribution in [0, 0.1) is 5.92 Å². The normalized spacial score (nSPS) is 14.4. The first-order chi connectivity index (χ1) is 15.8. The summed E-state index contributed by atoms with van der Waals surface area (Å²) < 4.78 is 0. The first-order valence-corrected chi connectivity index (χ1v) is 10.8. The monoisotopic (exact) mass is 479 g/mol. The van der Waals surface area contributed by atoms with Gasteiger partial charge in [-0.2, -0.15) is 0 Å². The standard InChI is InChI=1S/C22H33N5O7/c1-11(2)18(22(33)34)27-20(31)15(8-9-17(24)29)25-21(32)16(26-19(30)12(3)23)10-13-4-6-14(28)7-5-13/h4-7,11-12,15-16,18,28H,8-10,23H2,1-3H3,(H2,24,29)(H,25,32)(H,26,30)(H,27,31)(H,33,34). The van der Waals surface area contributed by atoms with Gasteiger partial charge in [-0.1, -0.05) is 26.0 Å². The van der Waals surface area contributed by atoms with E-state index in [1.54, 1.807) is 26.0 Å². The Labute approximate surface area is 197 Å². The summed E-state index contributed by atoms with van der Waals surface area (Å²) in [5.74, 6) is -4.55. The zero-order valence-corrected chi connectivity index (χ0v) is 19.4. The van der Waals surface area contributed by atoms with Crippen LogP contribution in [0.15, 0.2) is 24.3 Å². The molecule has 4 amide bonds. The van der Waals surface area contributed by atoms with Crippen molar-refractivity contribution in [3.05, 3.63) is 29.8 Å². The van der Waals surface area contributed by atoms with Crippen LogP contribution in [-0.2, 0) is 30.4 Å². The SMILES string of the molecule is CC(N)C(=O)NC(Cc1ccc(O)cc1)C(=O)NC(CCC(N)=O)C(=O)NC(C(=O)O)C(C)C. The lowest BCUT2D eigenvalue weighted by molar-refractivity contribution is -0.143. The third kappa shape index (κ3) is 9.45. The van der Waals surface area contributed by atoms with Gasteiger partial charge < -0.3 is 37.6 Å². The quantitative estimate of drug-likeness (QED) is 0.181. The van der Waals surface area contributed by atoms with Crippen LogP contribution in [0.2, 0.25) is 0 Å². The molecule has 0 bridgehead atoms. The minimum absolute atomic E-state index is 0.0124. The van der Waals surface area contributed by atoms with E-state index in [0.717, 1.165) is 0 Å². The summed E-state index contributed by atoms with van der Waals surface area (Å²) in [6, 6.07) is 1.40. The van der Waals surface area contributed by atoms with E-state index in [2.05, 4.69) is 16.0 Å². The van der Waals surface area contributed by atoms with Crippen LogP contribution in [0.4, 0.5) is 0 Å². The third-order valence-electron chi connectivity index (χ3n) is 4.97. The molecule has 9 N–H and O–H groups in total. The molecule has 0 saturated carbocycles. The average molecular weight is 480 g/mol. The van der Waals surface area contributed by atoms with E-state index in [4.69, 9.17) is 11.5 Å². The topological polar surface area (TPSA) is 214 Å². The van der Waals surface area contributed by atoms with Crippen LogP contribution < -0.4 is 27.4 Å². The number of aromatic hydroxyl groups is 1. The summed E-state index contributed by atoms with van der Waals surface area (Å²) in [4.78, 5) is 60.7. The summed E-state index contributed by atoms with van der Waals surface area (Å²) in [6.07, 6.45) is -0.407. The number of hydrogen-bond acceptors (Lipinski definition) is 7. The van der Waals surface area contributed by atoms with Gasteiger partial charge in [-0.3, -0.25) is 19.2 Å². The van der Waals surface area contributed by atoms with Gasteiger partial charge in [0, 0.05) is 12.8 Å². The maximum Gasteiger partial charge on any atom is 0.326 e. The molecule has 188 valence electrons. The van der Waals surface area contributed by atoms with Crippen LogP contribution in [-0.4, -0.2) is 64.0 Å². The number of carbonyl (C=O) groups is 5. The lowest BCUT2D eigenvalue weighted by Crippen LogP contribution is -2.58. The van der Waals surface area contributed by atoms with Crippen molar-refractivity contribution in [1.29, 1.82) is 0 Å². The molecule has 0 spiro atoms. The van der Waals surface area contributed by atoms with Gasteiger partial charge in [-0.05, 0) is 37.0 Å². The van der Waals surface area contributed by atoms with Gasteiger partial charge in [0.15, 0.2) is 0 Å². The van der Waals surface area contributed by atoms with Crippen LogP contribution in [0.5, 0.6) is 5.75 Å². The molecule has 0 aliphatic carbocycles. The number of carboxylic acid groups (broad SMARTS) is 1. The number of carbonyl (C=O) groups excluding carboxylic acids is 4. The molecule has 0 saturated heterocycles. The number of phenols is 1. The van der Waals surface area contributed by atoms with Crippen LogP contribution in [0.1, 0.15) is 39.2 Å². The Morgan fingerprint density at radius 1 is 0.882 bits per heavy atom. The van der Waals surface area contributed by atoms with Crippen LogP contribution in [0.25, 0.3) is 0 Å². The van der Waals surface area contributed by atoms with Crippen molar-refractivity contribution in [2.24, 2.45) is 17.4 Å². The highest BCUT2D eigenvalue weighted by molar-refractivity contribution is 5.94. The molecule has 1 rings (SSSR count). The van der Waals surface area contributed by atoms with Crippen molar-refractivity contribution in [2.75, 3.05) is 0 Å². The largest absolute Gasteiger partial charge is 0.508 e. The Balaban J connectivity index is 3.11. The molecule has 4 unspecified atom stereocenters. The van der Waals surface area contributed by atoms with Crippen molar-refractivity contribution in [2.45, 2.75) is 64.2 Å². The number of carboxylic acids is 1. The number of phenolic OH excluding ortho intramolecular Hbond substituents is 1. The number of nitrogens with two attached hydrogens (primary N) is 2. The number of rotatable bonds is 13. The molecule has 1 aromatic carbocycles. The van der Waals surface area contributed by atoms with E-state index < -0.39 is 59.7 Å². The maximum atomic E-state index is 13.1. The maximum absolute atomic E-state index is 13.1. The molecule has 0 heterocycles. The minimum Gasteiger partial charge on any atom is -0.508 e. The Hall–Kier alpha value is -3.67. The molecule has 1 aromatic rings. The van der Waals surface area contributed by atoms with Crippen LogP contribution in [0.3, 0.4) is 0 Å². The van der Waals surface area contributed by atoms with Gasteiger partial charge >= 0.3 is 5.97 Å². The van der Waals surface area contributed by atoms with Crippen molar-refractivity contribution in [3.63, 3.8) is 0 Å². The second-order valence-electron chi connectivity index (χ2n) is 8.36. The van der Waals surface area contributed by atoms with E-state index in [1.807, 2.05) is 0 Å². The van der Waals surface area contributed by atoms with Crippen molar-refractivity contribution < 1.29 is 34.2 Å². The first-order valence-electron chi connectivity index (χ1n) is 10.8. The summed E-state index contributed by atoms with van der Waals surface area (Å²) in [5, 5.41) is 26.1. The molecule has 4 atom stereocenters. The molecule has 12 heteroatoms. The van der Waals surface area contributed by atoms with Gasteiger partial charge in [0.05, 0.1) is 6.04 Å². The van der Waals surface area contributed by atoms with Gasteiger partial charge in [-0.25, -0.2) is 4.79 Å². The van der Waals surface area contributed by atoms with Crippen LogP contribution >= 0.6 is 0 Å². The number of aliphatic carboxylic acids is 1. The summed E-state index contributed by atoms with van der Waals surface area (Å²) in [6.45, 7) is 4.65. The summed E-state index contributed by atoms with van der Waals surface area (Å²) in [5.41, 5.74) is 11.4. The van der Waals surface area contributed by atoms with E-state index in [9.17, 15) is 34.2 Å². The van der Waals surface area contributed by atoms with E-state index >= 15 is 0 Å². The molecule has 12 nitrogen and oxygen atoms in total. The number of nitrogens with one attached hydrogen (secondary N) is 3. The van der Waals surface area contributed by atoms with Crippen molar-refractivity contribution in [1.82, 2.24) is 16.0 Å². The minimum atomic E-state index is -1.28. The molecular formula is C22H33N5O7. The van der Waals surface area contributed by atoms with Gasteiger partial charge in [0.1, 0.15) is 23.9 Å². The van der Waals surface area contributed by atoms with Gasteiger partial charge in [0.2, 0.25) is 23.6 Å². The summed E-state index contributed by atoms with van der Waals surface area (Å²) in [7, 11) is 0. The fourth-order valence-electron chi connectivity index (χ4n) is 2.98. The van der Waals surface area contributed by atoms with E-state index in [0.29, 0.717) is 5.56 Å². The Kier molecular flexibility index (Phi) is 11.0. The van der Waals surface area contributed by atoms with Crippen molar-refractivity contribution >= 4 is 29.6 Å². The Morgan fingerprint density at radius 3 is 1.88 bits per heavy atom.